The lowest BCUT2D eigenvalue weighted by Gasteiger charge is -2.12. The second-order valence-electron chi connectivity index (χ2n) is 7.74. The van der Waals surface area contributed by atoms with Crippen LogP contribution < -0.4 is 15.6 Å². The van der Waals surface area contributed by atoms with E-state index < -0.39 is 5.91 Å². The lowest BCUT2D eigenvalue weighted by molar-refractivity contribution is -0.119. The molecule has 2 heterocycles. The van der Waals surface area contributed by atoms with Crippen LogP contribution in [-0.2, 0) is 11.4 Å². The van der Waals surface area contributed by atoms with E-state index in [0.717, 1.165) is 17.0 Å². The summed E-state index contributed by atoms with van der Waals surface area (Å²) in [6.45, 7) is 5.63. The number of amides is 2. The van der Waals surface area contributed by atoms with Gasteiger partial charge < -0.3 is 9.15 Å². The first-order valence-corrected chi connectivity index (χ1v) is 11.9. The third kappa shape index (κ3) is 5.90. The van der Waals surface area contributed by atoms with E-state index in [1.54, 1.807) is 19.9 Å². The Labute approximate surface area is 206 Å². The van der Waals surface area contributed by atoms with Crippen LogP contribution in [0.15, 0.2) is 70.2 Å². The number of rotatable bonds is 8. The molecule has 0 radical (unpaired) electrons. The zero-order valence-corrected chi connectivity index (χ0v) is 20.4. The third-order valence-corrected chi connectivity index (χ3v) is 6.03. The minimum Gasteiger partial charge on any atom is -0.485 e. The Morgan fingerprint density at radius 1 is 1.00 bits per heavy atom. The Hall–Kier alpha value is -4.05. The molecule has 0 atom stereocenters. The average molecular weight is 492 g/mol. The number of hydrogen-bond acceptors (Lipinski definition) is 7. The van der Waals surface area contributed by atoms with Gasteiger partial charge >= 0.3 is 0 Å². The van der Waals surface area contributed by atoms with Gasteiger partial charge in [0.1, 0.15) is 23.9 Å². The molecule has 0 fully saturated rings. The molecule has 9 nitrogen and oxygen atoms in total. The van der Waals surface area contributed by atoms with Crippen LogP contribution in [-0.4, -0.2) is 32.3 Å². The van der Waals surface area contributed by atoms with E-state index in [2.05, 4.69) is 21.0 Å². The van der Waals surface area contributed by atoms with Gasteiger partial charge in [-0.25, -0.2) is 0 Å². The molecule has 0 aliphatic heterocycles. The Kier molecular flexibility index (Phi) is 7.51. The summed E-state index contributed by atoms with van der Waals surface area (Å²) in [5.74, 6) is 1.66. The lowest BCUT2D eigenvalue weighted by atomic mass is 10.2. The van der Waals surface area contributed by atoms with Crippen molar-refractivity contribution in [2.75, 3.05) is 5.75 Å². The van der Waals surface area contributed by atoms with Crippen molar-refractivity contribution in [2.45, 2.75) is 32.5 Å². The Morgan fingerprint density at radius 2 is 1.74 bits per heavy atom. The highest BCUT2D eigenvalue weighted by atomic mass is 32.2. The van der Waals surface area contributed by atoms with Gasteiger partial charge in [-0.15, -0.1) is 10.2 Å². The molecule has 2 aromatic carbocycles. The summed E-state index contributed by atoms with van der Waals surface area (Å²) in [5.41, 5.74) is 7.08. The van der Waals surface area contributed by atoms with Gasteiger partial charge in [0, 0.05) is 5.69 Å². The monoisotopic (exact) mass is 491 g/mol. The normalized spacial score (nSPS) is 10.7. The summed E-state index contributed by atoms with van der Waals surface area (Å²) in [7, 11) is 0. The molecule has 2 aromatic heterocycles. The number of nitrogens with zero attached hydrogens (tertiary/aromatic N) is 3. The van der Waals surface area contributed by atoms with Gasteiger partial charge in [0.15, 0.2) is 11.0 Å². The summed E-state index contributed by atoms with van der Waals surface area (Å²) in [5, 5.41) is 9.10. The van der Waals surface area contributed by atoms with E-state index in [4.69, 9.17) is 9.15 Å². The molecule has 4 aromatic rings. The van der Waals surface area contributed by atoms with Gasteiger partial charge in [-0.05, 0) is 50.6 Å². The van der Waals surface area contributed by atoms with Crippen LogP contribution in [0.1, 0.15) is 33.3 Å². The number of carbonyl (C=O) groups excluding carboxylic acids is 2. The summed E-state index contributed by atoms with van der Waals surface area (Å²) in [6.07, 6.45) is 0. The number of nitrogens with one attached hydrogen (secondary N) is 2. The quantitative estimate of drug-likeness (QED) is 0.284. The van der Waals surface area contributed by atoms with Crippen molar-refractivity contribution in [2.24, 2.45) is 0 Å². The average Bonchev–Trinajstić information content (AvgIpc) is 3.43. The van der Waals surface area contributed by atoms with Crippen molar-refractivity contribution >= 4 is 23.6 Å². The van der Waals surface area contributed by atoms with Gasteiger partial charge in [-0.3, -0.25) is 25.0 Å². The number of hydrazine groups is 1. The van der Waals surface area contributed by atoms with E-state index in [9.17, 15) is 9.59 Å². The molecule has 0 spiro atoms. The highest BCUT2D eigenvalue weighted by Gasteiger charge is 2.18. The van der Waals surface area contributed by atoms with E-state index >= 15 is 0 Å². The van der Waals surface area contributed by atoms with E-state index in [-0.39, 0.29) is 18.3 Å². The lowest BCUT2D eigenvalue weighted by Crippen LogP contribution is -2.42. The number of benzene rings is 2. The van der Waals surface area contributed by atoms with Crippen molar-refractivity contribution in [3.63, 3.8) is 0 Å². The Morgan fingerprint density at radius 3 is 2.46 bits per heavy atom. The first-order valence-electron chi connectivity index (χ1n) is 10.9. The smallest absolute Gasteiger partial charge is 0.273 e. The van der Waals surface area contributed by atoms with Crippen molar-refractivity contribution in [1.82, 2.24) is 25.6 Å². The fourth-order valence-corrected chi connectivity index (χ4v) is 4.17. The first kappa shape index (κ1) is 24.1. The molecule has 35 heavy (non-hydrogen) atoms. The fourth-order valence-electron chi connectivity index (χ4n) is 3.40. The maximum absolute atomic E-state index is 12.4. The maximum Gasteiger partial charge on any atom is 0.273 e. The zero-order valence-electron chi connectivity index (χ0n) is 19.6. The molecule has 180 valence electrons. The molecule has 10 heteroatoms. The summed E-state index contributed by atoms with van der Waals surface area (Å²) < 4.78 is 13.2. The van der Waals surface area contributed by atoms with Gasteiger partial charge in [0.05, 0.1) is 11.3 Å². The number of ether oxygens (including phenoxy) is 1. The van der Waals surface area contributed by atoms with Crippen molar-refractivity contribution < 1.29 is 18.7 Å². The molecule has 0 aliphatic carbocycles. The number of aromatic nitrogens is 3. The van der Waals surface area contributed by atoms with Crippen LogP contribution in [0.2, 0.25) is 0 Å². The number of carbonyl (C=O) groups is 2. The van der Waals surface area contributed by atoms with Crippen LogP contribution in [0.3, 0.4) is 0 Å². The van der Waals surface area contributed by atoms with Crippen molar-refractivity contribution in [1.29, 1.82) is 0 Å². The summed E-state index contributed by atoms with van der Waals surface area (Å²) >= 11 is 1.20. The molecule has 4 rings (SSSR count). The Bertz CT molecular complexity index is 1330. The van der Waals surface area contributed by atoms with E-state index in [0.29, 0.717) is 28.1 Å². The predicted octanol–water partition coefficient (Wildman–Crippen LogP) is 3.92. The fraction of sp³-hybridized carbons (Fsp3) is 0.200. The van der Waals surface area contributed by atoms with Gasteiger partial charge in [0.2, 0.25) is 5.91 Å². The van der Waals surface area contributed by atoms with E-state index in [1.165, 1.54) is 11.8 Å². The number of thioether (sulfide) groups is 1. The van der Waals surface area contributed by atoms with Gasteiger partial charge in [-0.2, -0.15) is 0 Å². The van der Waals surface area contributed by atoms with Gasteiger partial charge in [0.25, 0.3) is 5.91 Å². The van der Waals surface area contributed by atoms with Crippen LogP contribution in [0, 0.1) is 20.8 Å². The second kappa shape index (κ2) is 10.9. The van der Waals surface area contributed by atoms with Crippen LogP contribution in [0.5, 0.6) is 5.75 Å². The molecule has 0 saturated heterocycles. The largest absolute Gasteiger partial charge is 0.485 e. The highest BCUT2D eigenvalue weighted by Crippen LogP contribution is 2.24. The van der Waals surface area contributed by atoms with Crippen LogP contribution >= 0.6 is 11.8 Å². The predicted molar refractivity (Wildman–Crippen MR) is 131 cm³/mol. The van der Waals surface area contributed by atoms with Crippen LogP contribution in [0.25, 0.3) is 5.69 Å². The Balaban J connectivity index is 1.42. The molecular weight excluding hydrogens is 466 g/mol. The summed E-state index contributed by atoms with van der Waals surface area (Å²) in [4.78, 5) is 24.7. The number of para-hydroxylation sites is 2. The first-order chi connectivity index (χ1) is 16.9. The highest BCUT2D eigenvalue weighted by molar-refractivity contribution is 7.99. The van der Waals surface area contributed by atoms with Crippen LogP contribution in [0.4, 0.5) is 0 Å². The molecule has 0 unspecified atom stereocenters. The van der Waals surface area contributed by atoms with Gasteiger partial charge in [-0.1, -0.05) is 48.2 Å². The zero-order chi connectivity index (χ0) is 24.8. The molecule has 0 bridgehead atoms. The van der Waals surface area contributed by atoms with E-state index in [1.807, 2.05) is 66.1 Å². The number of aryl methyl sites for hydroxylation is 3. The third-order valence-electron chi connectivity index (χ3n) is 5.10. The maximum atomic E-state index is 12.4. The topological polar surface area (TPSA) is 111 Å². The molecular formula is C25H25N5O4S. The minimum absolute atomic E-state index is 0.0211. The minimum atomic E-state index is -0.444. The molecule has 0 saturated carbocycles. The second-order valence-corrected chi connectivity index (χ2v) is 8.68. The molecule has 2 amide bonds. The number of furan rings is 1. The van der Waals surface area contributed by atoms with Crippen molar-refractivity contribution in [3.05, 3.63) is 89.1 Å². The SMILES string of the molecule is Cc1cc(C(=O)NNC(=O)CSc2nnc(COc3ccccc3C)n2-c2ccccc2)c(C)o1. The molecule has 0 aliphatic rings. The standard InChI is InChI=1S/C25H25N5O4S/c1-16-9-7-8-12-21(16)33-14-22-26-29-25(30(22)19-10-5-4-6-11-19)35-15-23(31)27-28-24(32)20-13-17(2)34-18(20)3/h4-13H,14-15H2,1-3H3,(H,27,31)(H,28,32). The molecule has 2 N–H and O–H groups in total. The summed E-state index contributed by atoms with van der Waals surface area (Å²) in [6, 6.07) is 19.0. The number of hydrogen-bond donors (Lipinski definition) is 2. The van der Waals surface area contributed by atoms with Crippen molar-refractivity contribution in [3.8, 4) is 11.4 Å².